The number of nitrogens with zero attached hydrogens (tertiary/aromatic N) is 1. The lowest BCUT2D eigenvalue weighted by Gasteiger charge is -2.06. The Labute approximate surface area is 139 Å². The maximum Gasteiger partial charge on any atom is 0.218 e. The minimum Gasteiger partial charge on any atom is -0.497 e. The summed E-state index contributed by atoms with van der Waals surface area (Å²) in [6.45, 7) is 0. The van der Waals surface area contributed by atoms with Gasteiger partial charge in [0.15, 0.2) is 4.91 Å². The summed E-state index contributed by atoms with van der Waals surface area (Å²) in [5.41, 5.74) is 0.629. The van der Waals surface area contributed by atoms with Gasteiger partial charge in [0, 0.05) is 16.9 Å². The monoisotopic (exact) mass is 348 g/mol. The van der Waals surface area contributed by atoms with Gasteiger partial charge in [-0.05, 0) is 48.5 Å². The quantitative estimate of drug-likeness (QED) is 0.835. The predicted molar refractivity (Wildman–Crippen MR) is 89.0 cm³/mol. The summed E-state index contributed by atoms with van der Waals surface area (Å²) in [5, 5.41) is 12.4. The fraction of sp³-hybridized carbons (Fsp3) is 0.0625. The van der Waals surface area contributed by atoms with Gasteiger partial charge in [0.2, 0.25) is 9.84 Å². The summed E-state index contributed by atoms with van der Waals surface area (Å²) >= 11 is 5.74. The van der Waals surface area contributed by atoms with E-state index in [1.165, 1.54) is 24.3 Å². The SMILES string of the molecule is COc1ccc(N/C=C(\C#N)S(=O)(=O)c2ccc(Cl)cc2)cc1. The lowest BCUT2D eigenvalue weighted by molar-refractivity contribution is 0.415. The fourth-order valence-electron chi connectivity index (χ4n) is 1.75. The van der Waals surface area contributed by atoms with Gasteiger partial charge >= 0.3 is 0 Å². The number of halogens is 1. The van der Waals surface area contributed by atoms with Crippen molar-refractivity contribution in [2.75, 3.05) is 12.4 Å². The zero-order chi connectivity index (χ0) is 16.9. The van der Waals surface area contributed by atoms with Crippen LogP contribution in [-0.2, 0) is 9.84 Å². The van der Waals surface area contributed by atoms with E-state index >= 15 is 0 Å². The Balaban J connectivity index is 2.27. The molecule has 0 aliphatic rings. The van der Waals surface area contributed by atoms with E-state index in [9.17, 15) is 8.42 Å². The molecule has 5 nitrogen and oxygen atoms in total. The molecule has 0 bridgehead atoms. The number of rotatable bonds is 5. The Morgan fingerprint density at radius 3 is 2.30 bits per heavy atom. The van der Waals surface area contributed by atoms with Crippen LogP contribution in [0.15, 0.2) is 64.5 Å². The average Bonchev–Trinajstić information content (AvgIpc) is 2.56. The van der Waals surface area contributed by atoms with Crippen LogP contribution in [0.1, 0.15) is 0 Å². The number of nitriles is 1. The van der Waals surface area contributed by atoms with Gasteiger partial charge < -0.3 is 10.1 Å². The van der Waals surface area contributed by atoms with E-state index in [-0.39, 0.29) is 4.90 Å². The van der Waals surface area contributed by atoms with Crippen molar-refractivity contribution in [3.63, 3.8) is 0 Å². The maximum atomic E-state index is 12.4. The van der Waals surface area contributed by atoms with Gasteiger partial charge in [-0.15, -0.1) is 0 Å². The highest BCUT2D eigenvalue weighted by molar-refractivity contribution is 7.95. The molecule has 1 N–H and O–H groups in total. The Hall–Kier alpha value is -2.49. The first-order valence-electron chi connectivity index (χ1n) is 6.49. The van der Waals surface area contributed by atoms with Gasteiger partial charge in [0.1, 0.15) is 11.8 Å². The molecule has 118 valence electrons. The molecule has 0 amide bonds. The molecule has 7 heteroatoms. The lowest BCUT2D eigenvalue weighted by atomic mass is 10.3. The van der Waals surface area contributed by atoms with Gasteiger partial charge in [0.05, 0.1) is 12.0 Å². The highest BCUT2D eigenvalue weighted by Crippen LogP contribution is 2.21. The molecule has 0 fully saturated rings. The van der Waals surface area contributed by atoms with E-state index in [4.69, 9.17) is 21.6 Å². The van der Waals surface area contributed by atoms with E-state index in [2.05, 4.69) is 5.32 Å². The smallest absolute Gasteiger partial charge is 0.218 e. The molecular weight excluding hydrogens is 336 g/mol. The number of allylic oxidation sites excluding steroid dienone is 1. The maximum absolute atomic E-state index is 12.4. The number of benzene rings is 2. The molecule has 23 heavy (non-hydrogen) atoms. The van der Waals surface area contributed by atoms with E-state index in [1.54, 1.807) is 37.4 Å². The third-order valence-electron chi connectivity index (χ3n) is 2.98. The van der Waals surface area contributed by atoms with Crippen molar-refractivity contribution in [3.8, 4) is 11.8 Å². The van der Waals surface area contributed by atoms with E-state index in [0.29, 0.717) is 16.5 Å². The second kappa shape index (κ2) is 7.18. The first-order valence-corrected chi connectivity index (χ1v) is 8.35. The zero-order valence-electron chi connectivity index (χ0n) is 12.2. The largest absolute Gasteiger partial charge is 0.497 e. The third-order valence-corrected chi connectivity index (χ3v) is 4.92. The molecule has 2 aromatic carbocycles. The summed E-state index contributed by atoms with van der Waals surface area (Å²) in [6.07, 6.45) is 1.16. The number of methoxy groups -OCH3 is 1. The van der Waals surface area contributed by atoms with Crippen molar-refractivity contribution < 1.29 is 13.2 Å². The molecule has 0 spiro atoms. The topological polar surface area (TPSA) is 79.2 Å². The number of sulfone groups is 1. The van der Waals surface area contributed by atoms with Crippen LogP contribution in [0.5, 0.6) is 5.75 Å². The Bertz CT molecular complexity index is 852. The van der Waals surface area contributed by atoms with E-state index in [0.717, 1.165) is 6.20 Å². The van der Waals surface area contributed by atoms with E-state index in [1.807, 2.05) is 0 Å². The van der Waals surface area contributed by atoms with Crippen LogP contribution >= 0.6 is 11.6 Å². The van der Waals surface area contributed by atoms with Gasteiger partial charge in [0.25, 0.3) is 0 Å². The van der Waals surface area contributed by atoms with Gasteiger partial charge in [-0.1, -0.05) is 11.6 Å². The first-order chi connectivity index (χ1) is 11.0. The van der Waals surface area contributed by atoms with Crippen molar-refractivity contribution in [1.29, 1.82) is 5.26 Å². The Morgan fingerprint density at radius 2 is 1.78 bits per heavy atom. The molecule has 0 heterocycles. The van der Waals surface area contributed by atoms with Gasteiger partial charge in [-0.25, -0.2) is 8.42 Å². The molecule has 0 atom stereocenters. The zero-order valence-corrected chi connectivity index (χ0v) is 13.7. The summed E-state index contributed by atoms with van der Waals surface area (Å²) < 4.78 is 29.8. The van der Waals surface area contributed by atoms with Crippen LogP contribution in [0, 0.1) is 11.3 Å². The number of anilines is 1. The second-order valence-corrected chi connectivity index (χ2v) is 6.81. The van der Waals surface area contributed by atoms with Crippen molar-refractivity contribution in [1.82, 2.24) is 0 Å². The van der Waals surface area contributed by atoms with Gasteiger partial charge in [-0.2, -0.15) is 5.26 Å². The molecule has 0 saturated carbocycles. The number of hydrogen-bond acceptors (Lipinski definition) is 5. The summed E-state index contributed by atoms with van der Waals surface area (Å²) in [7, 11) is -2.35. The normalized spacial score (nSPS) is 11.6. The first kappa shape index (κ1) is 16.9. The molecule has 2 aromatic rings. The average molecular weight is 349 g/mol. The molecule has 0 radical (unpaired) electrons. The Morgan fingerprint density at radius 1 is 1.17 bits per heavy atom. The van der Waals surface area contributed by atoms with Crippen molar-refractivity contribution in [3.05, 3.63) is 64.7 Å². The van der Waals surface area contributed by atoms with Crippen molar-refractivity contribution in [2.24, 2.45) is 0 Å². The van der Waals surface area contributed by atoms with Gasteiger partial charge in [-0.3, -0.25) is 0 Å². The number of hydrogen-bond donors (Lipinski definition) is 1. The number of nitrogens with one attached hydrogen (secondary N) is 1. The van der Waals surface area contributed by atoms with Crippen LogP contribution in [0.4, 0.5) is 5.69 Å². The van der Waals surface area contributed by atoms with Crippen LogP contribution in [0.25, 0.3) is 0 Å². The summed E-state index contributed by atoms with van der Waals surface area (Å²) in [6, 6.07) is 14.2. The summed E-state index contributed by atoms with van der Waals surface area (Å²) in [5.74, 6) is 0.675. The minimum atomic E-state index is -3.90. The van der Waals surface area contributed by atoms with Crippen LogP contribution < -0.4 is 10.1 Å². The molecule has 0 aromatic heterocycles. The van der Waals surface area contributed by atoms with E-state index < -0.39 is 14.7 Å². The van der Waals surface area contributed by atoms with Crippen LogP contribution in [0.2, 0.25) is 5.02 Å². The second-order valence-electron chi connectivity index (χ2n) is 4.45. The van der Waals surface area contributed by atoms with Crippen molar-refractivity contribution >= 4 is 27.1 Å². The predicted octanol–water partition coefficient (Wildman–Crippen LogP) is 3.60. The standard InChI is InChI=1S/C16H13ClN2O3S/c1-22-14-6-4-13(5-7-14)19-11-16(10-18)23(20,21)15-8-2-12(17)3-9-15/h2-9,11,19H,1H3/b16-11+. The van der Waals surface area contributed by atoms with Crippen LogP contribution in [-0.4, -0.2) is 15.5 Å². The molecular formula is C16H13ClN2O3S. The third kappa shape index (κ3) is 4.03. The highest BCUT2D eigenvalue weighted by Gasteiger charge is 2.20. The lowest BCUT2D eigenvalue weighted by Crippen LogP contribution is -2.05. The molecule has 0 saturated heterocycles. The molecule has 2 rings (SSSR count). The number of ether oxygens (including phenoxy) is 1. The van der Waals surface area contributed by atoms with Crippen LogP contribution in [0.3, 0.4) is 0 Å². The fourth-order valence-corrected chi connectivity index (χ4v) is 2.96. The molecule has 0 aliphatic heterocycles. The Kier molecular flexibility index (Phi) is 5.27. The van der Waals surface area contributed by atoms with Crippen molar-refractivity contribution in [2.45, 2.75) is 4.90 Å². The molecule has 0 aliphatic carbocycles. The summed E-state index contributed by atoms with van der Waals surface area (Å²) in [4.78, 5) is -0.387. The highest BCUT2D eigenvalue weighted by atomic mass is 35.5. The molecule has 0 unspecified atom stereocenters. The minimum absolute atomic E-state index is 0.00577.